The van der Waals surface area contributed by atoms with Gasteiger partial charge in [-0.15, -0.1) is 0 Å². The SMILES string of the molecule is Cc1occc1C#N.[CH2]=[V]. The standard InChI is InChI=1S/C6H5NO.CH2.V/c1-5-6(4-7)2-3-8-5;;/h2-3H,1H3;1H2;. The van der Waals surface area contributed by atoms with Gasteiger partial charge in [-0.1, -0.05) is 0 Å². The summed E-state index contributed by atoms with van der Waals surface area (Å²) in [4.78, 5) is 0. The Morgan fingerprint density at radius 1 is 1.70 bits per heavy atom. The number of aryl methyl sites for hydroxylation is 1. The van der Waals surface area contributed by atoms with Gasteiger partial charge in [0.1, 0.15) is 11.8 Å². The third-order valence-corrected chi connectivity index (χ3v) is 0.979. The molecule has 0 aliphatic carbocycles. The van der Waals surface area contributed by atoms with Crippen molar-refractivity contribution in [1.29, 1.82) is 5.26 Å². The molecule has 1 aromatic heterocycles. The summed E-state index contributed by atoms with van der Waals surface area (Å²) in [5.41, 5.74) is 0.616. The van der Waals surface area contributed by atoms with Crippen LogP contribution in [0.5, 0.6) is 0 Å². The molecule has 0 saturated heterocycles. The molecule has 0 aliphatic heterocycles. The maximum absolute atomic E-state index is 8.30. The molecule has 0 unspecified atom stereocenters. The summed E-state index contributed by atoms with van der Waals surface area (Å²) in [6.07, 6.45) is 1.51. The molecule has 0 atom stereocenters. The molecule has 51 valence electrons. The molecule has 2 nitrogen and oxygen atoms in total. The summed E-state index contributed by atoms with van der Waals surface area (Å²) in [5.74, 6) is 0.688. The first-order valence-electron chi connectivity index (χ1n) is 2.60. The van der Waals surface area contributed by atoms with Crippen LogP contribution >= 0.6 is 0 Å². The van der Waals surface area contributed by atoms with Crippen molar-refractivity contribution >= 4 is 5.23 Å². The predicted octanol–water partition coefficient (Wildman–Crippen LogP) is 1.42. The molecule has 10 heavy (non-hydrogen) atoms. The topological polar surface area (TPSA) is 36.9 Å². The van der Waals surface area contributed by atoms with Crippen LogP contribution in [0.2, 0.25) is 0 Å². The second kappa shape index (κ2) is 5.04. The Kier molecular flexibility index (Phi) is 4.65. The van der Waals surface area contributed by atoms with Gasteiger partial charge in [-0.3, -0.25) is 0 Å². The molecule has 0 amide bonds. The van der Waals surface area contributed by atoms with Crippen molar-refractivity contribution in [3.05, 3.63) is 23.7 Å². The van der Waals surface area contributed by atoms with E-state index in [9.17, 15) is 0 Å². The minimum atomic E-state index is 0.616. The van der Waals surface area contributed by atoms with Gasteiger partial charge in [-0.05, 0) is 13.0 Å². The number of hydrogen-bond donors (Lipinski definition) is 0. The first kappa shape index (κ1) is 9.22. The van der Waals surface area contributed by atoms with Crippen molar-refractivity contribution in [3.63, 3.8) is 0 Å². The minimum absolute atomic E-state index is 0.616. The van der Waals surface area contributed by atoms with Gasteiger partial charge in [-0.2, -0.15) is 5.26 Å². The average molecular weight is 172 g/mol. The Hall–Kier alpha value is -0.776. The summed E-state index contributed by atoms with van der Waals surface area (Å²) in [5, 5.41) is 11.5. The van der Waals surface area contributed by atoms with Crippen LogP contribution in [0.4, 0.5) is 0 Å². The van der Waals surface area contributed by atoms with E-state index in [4.69, 9.17) is 9.68 Å². The Labute approximate surface area is 69.0 Å². The van der Waals surface area contributed by atoms with Crippen molar-refractivity contribution in [3.8, 4) is 6.07 Å². The molecule has 0 saturated carbocycles. The van der Waals surface area contributed by atoms with Gasteiger partial charge in [0.25, 0.3) is 0 Å². The first-order valence-corrected chi connectivity index (χ1v) is 3.59. The van der Waals surface area contributed by atoms with Crippen LogP contribution in [-0.2, 0) is 17.0 Å². The number of furan rings is 1. The Morgan fingerprint density at radius 3 is 2.50 bits per heavy atom. The van der Waals surface area contributed by atoms with Crippen molar-refractivity contribution in [1.82, 2.24) is 0 Å². The first-order chi connectivity index (χ1) is 4.84. The third kappa shape index (κ3) is 2.22. The van der Waals surface area contributed by atoms with Gasteiger partial charge in [0.2, 0.25) is 0 Å². The van der Waals surface area contributed by atoms with E-state index in [0.717, 1.165) is 0 Å². The summed E-state index contributed by atoms with van der Waals surface area (Å²) in [7, 11) is 0. The molecular weight excluding hydrogens is 165 g/mol. The van der Waals surface area contributed by atoms with Gasteiger partial charge in [0, 0.05) is 0 Å². The molecule has 0 N–H and O–H groups in total. The zero-order chi connectivity index (χ0) is 7.98. The van der Waals surface area contributed by atoms with Crippen LogP contribution < -0.4 is 0 Å². The zero-order valence-electron chi connectivity index (χ0n) is 5.66. The molecular formula is C7H7NOV. The molecule has 3 heteroatoms. The maximum atomic E-state index is 8.30. The van der Waals surface area contributed by atoms with Crippen molar-refractivity contribution in [2.45, 2.75) is 6.92 Å². The van der Waals surface area contributed by atoms with Gasteiger partial charge in [0.15, 0.2) is 0 Å². The Bertz CT molecular complexity index is 236. The number of nitrogens with zero attached hydrogens (tertiary/aromatic N) is 1. The van der Waals surface area contributed by atoms with Crippen LogP contribution in [0.1, 0.15) is 11.3 Å². The fourth-order valence-electron chi connectivity index (χ4n) is 0.501. The quantitative estimate of drug-likeness (QED) is 0.593. The Balaban J connectivity index is 0.000000371. The van der Waals surface area contributed by atoms with Crippen LogP contribution in [-0.4, -0.2) is 5.23 Å². The van der Waals surface area contributed by atoms with Crippen LogP contribution in [0.15, 0.2) is 16.7 Å². The van der Waals surface area contributed by atoms with Crippen LogP contribution in [0, 0.1) is 18.3 Å². The van der Waals surface area contributed by atoms with E-state index < -0.39 is 0 Å². The van der Waals surface area contributed by atoms with Gasteiger partial charge in [0.05, 0.1) is 11.8 Å². The van der Waals surface area contributed by atoms with Crippen molar-refractivity contribution in [2.75, 3.05) is 0 Å². The summed E-state index contributed by atoms with van der Waals surface area (Å²) < 4.78 is 4.83. The van der Waals surface area contributed by atoms with Crippen molar-refractivity contribution in [2.24, 2.45) is 0 Å². The second-order valence-corrected chi connectivity index (χ2v) is 1.50. The van der Waals surface area contributed by atoms with Crippen molar-refractivity contribution < 1.29 is 21.4 Å². The summed E-state index contributed by atoms with van der Waals surface area (Å²) in [6, 6.07) is 3.63. The number of rotatable bonds is 0. The molecule has 1 aromatic rings. The number of hydrogen-bond acceptors (Lipinski definition) is 2. The average Bonchev–Trinajstić information content (AvgIpc) is 2.39. The van der Waals surface area contributed by atoms with Crippen LogP contribution in [0.3, 0.4) is 0 Å². The van der Waals surface area contributed by atoms with E-state index in [-0.39, 0.29) is 0 Å². The molecule has 0 radical (unpaired) electrons. The van der Waals surface area contributed by atoms with E-state index in [1.165, 1.54) is 6.26 Å². The molecule has 0 aliphatic rings. The van der Waals surface area contributed by atoms with E-state index >= 15 is 0 Å². The monoisotopic (exact) mass is 172 g/mol. The fraction of sp³-hybridized carbons (Fsp3) is 0.143. The second-order valence-electron chi connectivity index (χ2n) is 1.50. The number of nitriles is 1. The predicted molar refractivity (Wildman–Crippen MR) is 35.3 cm³/mol. The van der Waals surface area contributed by atoms with E-state index in [1.54, 1.807) is 13.0 Å². The molecule has 0 aromatic carbocycles. The van der Waals surface area contributed by atoms with Gasteiger partial charge >= 0.3 is 22.2 Å². The van der Waals surface area contributed by atoms with E-state index in [0.29, 0.717) is 11.3 Å². The fourth-order valence-corrected chi connectivity index (χ4v) is 0.501. The molecule has 0 fully saturated rings. The molecule has 0 bridgehead atoms. The Morgan fingerprint density at radius 2 is 2.30 bits per heavy atom. The third-order valence-electron chi connectivity index (χ3n) is 0.979. The molecule has 1 heterocycles. The summed E-state index contributed by atoms with van der Waals surface area (Å²) in [6.45, 7) is 1.76. The zero-order valence-corrected chi connectivity index (χ0v) is 7.06. The van der Waals surface area contributed by atoms with Gasteiger partial charge < -0.3 is 4.42 Å². The normalized spacial score (nSPS) is 7.10. The molecule has 1 rings (SSSR count). The summed E-state index contributed by atoms with van der Waals surface area (Å²) >= 11 is 2.06. The van der Waals surface area contributed by atoms with E-state index in [2.05, 4.69) is 22.2 Å². The van der Waals surface area contributed by atoms with Gasteiger partial charge in [-0.25, -0.2) is 0 Å². The molecule has 0 spiro atoms. The van der Waals surface area contributed by atoms with E-state index in [1.807, 2.05) is 6.07 Å². The van der Waals surface area contributed by atoms with Crippen LogP contribution in [0.25, 0.3) is 0 Å².